The predicted octanol–water partition coefficient (Wildman–Crippen LogP) is 5.25. The number of alkyl halides is 2. The van der Waals surface area contributed by atoms with Crippen LogP contribution in [0.1, 0.15) is 18.5 Å². The van der Waals surface area contributed by atoms with E-state index in [0.717, 1.165) is 5.56 Å². The summed E-state index contributed by atoms with van der Waals surface area (Å²) >= 11 is 5.93. The highest BCUT2D eigenvalue weighted by Crippen LogP contribution is 2.28. The van der Waals surface area contributed by atoms with Crippen LogP contribution < -0.4 is 10.1 Å². The molecule has 0 aliphatic carbocycles. The van der Waals surface area contributed by atoms with Gasteiger partial charge < -0.3 is 10.1 Å². The van der Waals surface area contributed by atoms with Crippen molar-refractivity contribution in [1.29, 1.82) is 0 Å². The van der Waals surface area contributed by atoms with Gasteiger partial charge in [-0.25, -0.2) is 4.39 Å². The third-order valence-corrected chi connectivity index (χ3v) is 3.20. The minimum atomic E-state index is -2.87. The average Bonchev–Trinajstić information content (AvgIpc) is 2.41. The zero-order valence-electron chi connectivity index (χ0n) is 11.1. The molecule has 112 valence electrons. The molecule has 0 aliphatic rings. The van der Waals surface area contributed by atoms with E-state index in [0.29, 0.717) is 5.69 Å². The van der Waals surface area contributed by atoms with Crippen LogP contribution in [0.15, 0.2) is 42.5 Å². The Morgan fingerprint density at radius 2 is 1.90 bits per heavy atom. The fourth-order valence-electron chi connectivity index (χ4n) is 1.88. The molecule has 0 heterocycles. The van der Waals surface area contributed by atoms with Crippen LogP contribution in [0.3, 0.4) is 0 Å². The molecule has 1 unspecified atom stereocenters. The second kappa shape index (κ2) is 6.72. The quantitative estimate of drug-likeness (QED) is 0.813. The van der Waals surface area contributed by atoms with Crippen molar-refractivity contribution in [2.45, 2.75) is 19.6 Å². The minimum Gasteiger partial charge on any atom is -0.435 e. The number of benzene rings is 2. The standard InChI is InChI=1S/C15H13ClF3NO/c1-9(20-14-6-5-11(17)8-13(14)16)10-3-2-4-12(7-10)21-15(18)19/h2-9,15,20H,1H3. The van der Waals surface area contributed by atoms with Crippen LogP contribution in [0.2, 0.25) is 5.02 Å². The first-order valence-corrected chi connectivity index (χ1v) is 6.60. The summed E-state index contributed by atoms with van der Waals surface area (Å²) in [6, 6.07) is 10.2. The van der Waals surface area contributed by atoms with Gasteiger partial charge in [-0.3, -0.25) is 0 Å². The molecule has 2 aromatic carbocycles. The van der Waals surface area contributed by atoms with Crippen molar-refractivity contribution in [3.8, 4) is 5.75 Å². The molecule has 0 saturated carbocycles. The predicted molar refractivity (Wildman–Crippen MR) is 76.5 cm³/mol. The third kappa shape index (κ3) is 4.29. The lowest BCUT2D eigenvalue weighted by Gasteiger charge is -2.17. The smallest absolute Gasteiger partial charge is 0.387 e. The van der Waals surface area contributed by atoms with Crippen molar-refractivity contribution in [1.82, 2.24) is 0 Å². The van der Waals surface area contributed by atoms with E-state index in [2.05, 4.69) is 10.1 Å². The zero-order valence-corrected chi connectivity index (χ0v) is 11.9. The van der Waals surface area contributed by atoms with Crippen LogP contribution in [0, 0.1) is 5.82 Å². The third-order valence-electron chi connectivity index (χ3n) is 2.89. The molecular weight excluding hydrogens is 303 g/mol. The molecule has 6 heteroatoms. The Bertz CT molecular complexity index is 622. The van der Waals surface area contributed by atoms with Gasteiger partial charge in [0.05, 0.1) is 10.7 Å². The van der Waals surface area contributed by atoms with E-state index < -0.39 is 12.4 Å². The Morgan fingerprint density at radius 1 is 1.14 bits per heavy atom. The molecule has 0 aliphatic heterocycles. The van der Waals surface area contributed by atoms with Gasteiger partial charge in [0.15, 0.2) is 0 Å². The summed E-state index contributed by atoms with van der Waals surface area (Å²) in [6.45, 7) is -1.03. The van der Waals surface area contributed by atoms with E-state index >= 15 is 0 Å². The van der Waals surface area contributed by atoms with Crippen molar-refractivity contribution in [2.24, 2.45) is 0 Å². The highest BCUT2D eigenvalue weighted by atomic mass is 35.5. The summed E-state index contributed by atoms with van der Waals surface area (Å²) in [5.74, 6) is -0.341. The number of anilines is 1. The Morgan fingerprint density at radius 3 is 2.57 bits per heavy atom. The second-order valence-corrected chi connectivity index (χ2v) is 4.85. The molecule has 0 radical (unpaired) electrons. The van der Waals surface area contributed by atoms with Gasteiger partial charge in [-0.15, -0.1) is 0 Å². The Labute approximate surface area is 125 Å². The molecule has 1 atom stereocenters. The number of rotatable bonds is 5. The molecular formula is C15H13ClF3NO. The molecule has 0 spiro atoms. The van der Waals surface area contributed by atoms with Gasteiger partial charge in [0.2, 0.25) is 0 Å². The SMILES string of the molecule is CC(Nc1ccc(F)cc1Cl)c1cccc(OC(F)F)c1. The monoisotopic (exact) mass is 315 g/mol. The van der Waals surface area contributed by atoms with Crippen LogP contribution in [0.4, 0.5) is 18.9 Å². The number of ether oxygens (including phenoxy) is 1. The van der Waals surface area contributed by atoms with E-state index in [1.54, 1.807) is 12.1 Å². The molecule has 1 N–H and O–H groups in total. The van der Waals surface area contributed by atoms with Crippen LogP contribution in [-0.2, 0) is 0 Å². The molecule has 0 fully saturated rings. The lowest BCUT2D eigenvalue weighted by molar-refractivity contribution is -0.0498. The number of nitrogens with one attached hydrogen (secondary N) is 1. The first-order chi connectivity index (χ1) is 9.95. The molecule has 2 aromatic rings. The molecule has 2 rings (SSSR count). The van der Waals surface area contributed by atoms with Crippen molar-refractivity contribution in [3.63, 3.8) is 0 Å². The van der Waals surface area contributed by atoms with Gasteiger partial charge in [-0.05, 0) is 42.8 Å². The maximum absolute atomic E-state index is 13.0. The number of halogens is 4. The molecule has 0 amide bonds. The first kappa shape index (κ1) is 15.5. The molecule has 0 saturated heterocycles. The number of hydrogen-bond donors (Lipinski definition) is 1. The Balaban J connectivity index is 2.14. The largest absolute Gasteiger partial charge is 0.435 e. The minimum absolute atomic E-state index is 0.0846. The molecule has 21 heavy (non-hydrogen) atoms. The lowest BCUT2D eigenvalue weighted by Crippen LogP contribution is -2.08. The van der Waals surface area contributed by atoms with Gasteiger partial charge in [0, 0.05) is 6.04 Å². The Hall–Kier alpha value is -1.88. The normalized spacial score (nSPS) is 12.3. The topological polar surface area (TPSA) is 21.3 Å². The first-order valence-electron chi connectivity index (χ1n) is 6.22. The van der Waals surface area contributed by atoms with Crippen LogP contribution in [0.5, 0.6) is 5.75 Å². The van der Waals surface area contributed by atoms with Gasteiger partial charge in [-0.2, -0.15) is 8.78 Å². The van der Waals surface area contributed by atoms with Gasteiger partial charge in [-0.1, -0.05) is 23.7 Å². The van der Waals surface area contributed by atoms with Crippen molar-refractivity contribution >= 4 is 17.3 Å². The highest BCUT2D eigenvalue weighted by Gasteiger charge is 2.11. The van der Waals surface area contributed by atoms with Crippen LogP contribution >= 0.6 is 11.6 Å². The zero-order chi connectivity index (χ0) is 15.4. The summed E-state index contributed by atoms with van der Waals surface area (Å²) < 4.78 is 41.7. The van der Waals surface area contributed by atoms with Gasteiger partial charge >= 0.3 is 6.61 Å². The summed E-state index contributed by atoms with van der Waals surface area (Å²) in [5.41, 5.74) is 1.30. The highest BCUT2D eigenvalue weighted by molar-refractivity contribution is 6.33. The van der Waals surface area contributed by atoms with Crippen molar-refractivity contribution < 1.29 is 17.9 Å². The maximum Gasteiger partial charge on any atom is 0.387 e. The summed E-state index contributed by atoms with van der Waals surface area (Å²) in [5, 5.41) is 3.34. The van der Waals surface area contributed by atoms with E-state index in [1.807, 2.05) is 6.92 Å². The van der Waals surface area contributed by atoms with Crippen molar-refractivity contribution in [3.05, 3.63) is 58.9 Å². The van der Waals surface area contributed by atoms with E-state index in [9.17, 15) is 13.2 Å². The summed E-state index contributed by atoms with van der Waals surface area (Å²) in [7, 11) is 0. The van der Waals surface area contributed by atoms with Crippen LogP contribution in [0.25, 0.3) is 0 Å². The molecule has 0 aromatic heterocycles. The fourth-order valence-corrected chi connectivity index (χ4v) is 2.10. The van der Waals surface area contributed by atoms with E-state index in [1.165, 1.54) is 30.3 Å². The Kier molecular flexibility index (Phi) is 4.96. The lowest BCUT2D eigenvalue weighted by atomic mass is 10.1. The van der Waals surface area contributed by atoms with Gasteiger partial charge in [0.1, 0.15) is 11.6 Å². The number of hydrogen-bond acceptors (Lipinski definition) is 2. The van der Waals surface area contributed by atoms with Crippen LogP contribution in [-0.4, -0.2) is 6.61 Å². The maximum atomic E-state index is 13.0. The fraction of sp³-hybridized carbons (Fsp3) is 0.200. The second-order valence-electron chi connectivity index (χ2n) is 4.44. The van der Waals surface area contributed by atoms with Gasteiger partial charge in [0.25, 0.3) is 0 Å². The summed E-state index contributed by atoms with van der Waals surface area (Å²) in [4.78, 5) is 0. The van der Waals surface area contributed by atoms with E-state index in [4.69, 9.17) is 11.6 Å². The van der Waals surface area contributed by atoms with E-state index in [-0.39, 0.29) is 16.8 Å². The van der Waals surface area contributed by atoms with Crippen molar-refractivity contribution in [2.75, 3.05) is 5.32 Å². The molecule has 2 nitrogen and oxygen atoms in total. The summed E-state index contributed by atoms with van der Waals surface area (Å²) in [6.07, 6.45) is 0. The molecule has 0 bridgehead atoms. The average molecular weight is 316 g/mol.